The third kappa shape index (κ3) is 3.09. The molecule has 1 aromatic carbocycles. The summed E-state index contributed by atoms with van der Waals surface area (Å²) in [7, 11) is 1.49. The van der Waals surface area contributed by atoms with Crippen LogP contribution in [0.5, 0.6) is 0 Å². The second-order valence-electron chi connectivity index (χ2n) is 4.20. The van der Waals surface area contributed by atoms with E-state index in [-0.39, 0.29) is 6.61 Å². The van der Waals surface area contributed by atoms with Gasteiger partial charge in [-0.25, -0.2) is 0 Å². The Morgan fingerprint density at radius 3 is 2.50 bits per heavy atom. The molecule has 100 valence electrons. The molecule has 0 aromatic heterocycles. The molecule has 0 amide bonds. The van der Waals surface area contributed by atoms with Gasteiger partial charge in [0.05, 0.1) is 19.1 Å². The van der Waals surface area contributed by atoms with E-state index in [9.17, 15) is 9.90 Å². The minimum Gasteiger partial charge on any atom is -0.466 e. The lowest BCUT2D eigenvalue weighted by Gasteiger charge is -2.32. The summed E-state index contributed by atoms with van der Waals surface area (Å²) in [5.41, 5.74) is -0.727. The lowest BCUT2D eigenvalue weighted by atomic mass is 9.83. The van der Waals surface area contributed by atoms with Crippen molar-refractivity contribution in [2.45, 2.75) is 19.4 Å². The van der Waals surface area contributed by atoms with Gasteiger partial charge in [0.15, 0.2) is 0 Å². The van der Waals surface area contributed by atoms with E-state index in [0.717, 1.165) is 0 Å². The number of methoxy groups -OCH3 is 1. The number of carbonyl (C=O) groups is 1. The van der Waals surface area contributed by atoms with Gasteiger partial charge >= 0.3 is 5.97 Å². The summed E-state index contributed by atoms with van der Waals surface area (Å²) < 4.78 is 10.0. The SMILES string of the molecule is CCOC(=O)[C@H](C)[C@@](O)(COC)c1ccccc1. The zero-order valence-electron chi connectivity index (χ0n) is 11.1. The molecule has 0 unspecified atom stereocenters. The van der Waals surface area contributed by atoms with Gasteiger partial charge in [-0.3, -0.25) is 4.79 Å². The predicted molar refractivity (Wildman–Crippen MR) is 68.0 cm³/mol. The summed E-state index contributed by atoms with van der Waals surface area (Å²) in [6, 6.07) is 9.02. The van der Waals surface area contributed by atoms with Crippen LogP contribution in [0.15, 0.2) is 30.3 Å². The molecular weight excluding hydrogens is 232 g/mol. The van der Waals surface area contributed by atoms with Gasteiger partial charge in [-0.15, -0.1) is 0 Å². The van der Waals surface area contributed by atoms with E-state index in [1.807, 2.05) is 18.2 Å². The van der Waals surface area contributed by atoms with Gasteiger partial charge in [-0.2, -0.15) is 0 Å². The molecule has 0 aliphatic heterocycles. The standard InChI is InChI=1S/C14H20O4/c1-4-18-13(15)11(2)14(16,10-17-3)12-8-6-5-7-9-12/h5-9,11,16H,4,10H2,1-3H3/t11-,14-/m0/s1. The van der Waals surface area contributed by atoms with Crippen molar-refractivity contribution >= 4 is 5.97 Å². The molecule has 0 saturated heterocycles. The Bertz CT molecular complexity index is 377. The van der Waals surface area contributed by atoms with E-state index in [1.54, 1.807) is 26.0 Å². The van der Waals surface area contributed by atoms with Crippen molar-refractivity contribution in [1.82, 2.24) is 0 Å². The minimum atomic E-state index is -1.37. The Morgan fingerprint density at radius 2 is 2.00 bits per heavy atom. The fourth-order valence-corrected chi connectivity index (χ4v) is 1.87. The van der Waals surface area contributed by atoms with Gasteiger partial charge in [0.25, 0.3) is 0 Å². The third-order valence-electron chi connectivity index (χ3n) is 2.99. The fourth-order valence-electron chi connectivity index (χ4n) is 1.87. The highest BCUT2D eigenvalue weighted by Crippen LogP contribution is 2.30. The van der Waals surface area contributed by atoms with Crippen LogP contribution in [-0.4, -0.2) is 31.4 Å². The topological polar surface area (TPSA) is 55.8 Å². The first-order valence-electron chi connectivity index (χ1n) is 5.99. The van der Waals surface area contributed by atoms with Crippen LogP contribution in [0.25, 0.3) is 0 Å². The molecule has 0 spiro atoms. The van der Waals surface area contributed by atoms with Crippen molar-refractivity contribution in [2.75, 3.05) is 20.3 Å². The quantitative estimate of drug-likeness (QED) is 0.783. The largest absolute Gasteiger partial charge is 0.466 e. The first kappa shape index (κ1) is 14.7. The highest BCUT2D eigenvalue weighted by molar-refractivity contribution is 5.73. The average molecular weight is 252 g/mol. The Kier molecular flexibility index (Phi) is 5.31. The van der Waals surface area contributed by atoms with Gasteiger partial charge in [0.1, 0.15) is 5.60 Å². The Morgan fingerprint density at radius 1 is 1.39 bits per heavy atom. The molecule has 0 bridgehead atoms. The number of rotatable bonds is 6. The summed E-state index contributed by atoms with van der Waals surface area (Å²) in [6.45, 7) is 3.71. The van der Waals surface area contributed by atoms with Gasteiger partial charge in [0.2, 0.25) is 0 Å². The number of hydrogen-bond acceptors (Lipinski definition) is 4. The van der Waals surface area contributed by atoms with Gasteiger partial charge in [0, 0.05) is 7.11 Å². The van der Waals surface area contributed by atoms with E-state index in [2.05, 4.69) is 0 Å². The second-order valence-corrected chi connectivity index (χ2v) is 4.20. The number of esters is 1. The highest BCUT2D eigenvalue weighted by atomic mass is 16.5. The molecule has 1 rings (SSSR count). The average Bonchev–Trinajstić information content (AvgIpc) is 2.39. The molecule has 0 fully saturated rings. The van der Waals surface area contributed by atoms with Gasteiger partial charge < -0.3 is 14.6 Å². The first-order valence-corrected chi connectivity index (χ1v) is 5.99. The van der Waals surface area contributed by atoms with Crippen LogP contribution in [0.2, 0.25) is 0 Å². The molecular formula is C14H20O4. The number of ether oxygens (including phenoxy) is 2. The van der Waals surface area contributed by atoms with Crippen molar-refractivity contribution in [1.29, 1.82) is 0 Å². The molecule has 0 radical (unpaired) electrons. The maximum atomic E-state index is 11.8. The second kappa shape index (κ2) is 6.52. The van der Waals surface area contributed by atoms with Crippen molar-refractivity contribution < 1.29 is 19.4 Å². The molecule has 0 saturated carbocycles. The Labute approximate surface area is 108 Å². The van der Waals surface area contributed by atoms with Crippen molar-refractivity contribution in [3.05, 3.63) is 35.9 Å². The number of aliphatic hydroxyl groups is 1. The van der Waals surface area contributed by atoms with E-state index in [0.29, 0.717) is 12.2 Å². The van der Waals surface area contributed by atoms with Crippen LogP contribution >= 0.6 is 0 Å². The zero-order chi connectivity index (χ0) is 13.6. The highest BCUT2D eigenvalue weighted by Gasteiger charge is 2.40. The van der Waals surface area contributed by atoms with Crippen molar-refractivity contribution in [2.24, 2.45) is 5.92 Å². The smallest absolute Gasteiger partial charge is 0.312 e. The van der Waals surface area contributed by atoms with Crippen LogP contribution < -0.4 is 0 Å². The minimum absolute atomic E-state index is 0.0387. The summed E-state index contributed by atoms with van der Waals surface area (Å²) in [4.78, 5) is 11.8. The molecule has 18 heavy (non-hydrogen) atoms. The molecule has 1 N–H and O–H groups in total. The van der Waals surface area contributed by atoms with E-state index < -0.39 is 17.5 Å². The maximum Gasteiger partial charge on any atom is 0.312 e. The monoisotopic (exact) mass is 252 g/mol. The fraction of sp³-hybridized carbons (Fsp3) is 0.500. The molecule has 0 aliphatic carbocycles. The van der Waals surface area contributed by atoms with E-state index in [1.165, 1.54) is 7.11 Å². The molecule has 0 heterocycles. The predicted octanol–water partition coefficient (Wildman–Crippen LogP) is 1.72. The number of benzene rings is 1. The van der Waals surface area contributed by atoms with Crippen molar-refractivity contribution in [3.8, 4) is 0 Å². The van der Waals surface area contributed by atoms with Gasteiger partial charge in [-0.1, -0.05) is 30.3 Å². The van der Waals surface area contributed by atoms with Gasteiger partial charge in [-0.05, 0) is 19.4 Å². The van der Waals surface area contributed by atoms with E-state index in [4.69, 9.17) is 9.47 Å². The van der Waals surface area contributed by atoms with Crippen LogP contribution in [0.4, 0.5) is 0 Å². The van der Waals surface area contributed by atoms with Crippen LogP contribution in [-0.2, 0) is 19.9 Å². The first-order chi connectivity index (χ1) is 8.56. The Balaban J connectivity index is 3.03. The van der Waals surface area contributed by atoms with Crippen LogP contribution in [0, 0.1) is 5.92 Å². The molecule has 4 heteroatoms. The summed E-state index contributed by atoms with van der Waals surface area (Å²) in [6.07, 6.45) is 0. The molecule has 1 aromatic rings. The van der Waals surface area contributed by atoms with Crippen LogP contribution in [0.3, 0.4) is 0 Å². The number of carbonyl (C=O) groups excluding carboxylic acids is 1. The summed E-state index contributed by atoms with van der Waals surface area (Å²) >= 11 is 0. The summed E-state index contributed by atoms with van der Waals surface area (Å²) in [5, 5.41) is 10.7. The maximum absolute atomic E-state index is 11.8. The Hall–Kier alpha value is -1.39. The van der Waals surface area contributed by atoms with Crippen LogP contribution in [0.1, 0.15) is 19.4 Å². The third-order valence-corrected chi connectivity index (χ3v) is 2.99. The van der Waals surface area contributed by atoms with E-state index >= 15 is 0 Å². The molecule has 0 aliphatic rings. The zero-order valence-corrected chi connectivity index (χ0v) is 11.1. The molecule has 4 nitrogen and oxygen atoms in total. The normalized spacial score (nSPS) is 15.8. The molecule has 2 atom stereocenters. The number of hydrogen-bond donors (Lipinski definition) is 1. The lowest BCUT2D eigenvalue weighted by Crippen LogP contribution is -2.42. The summed E-state index contributed by atoms with van der Waals surface area (Å²) in [5.74, 6) is -1.12. The lowest BCUT2D eigenvalue weighted by molar-refractivity contribution is -0.162. The van der Waals surface area contributed by atoms with Crippen molar-refractivity contribution in [3.63, 3.8) is 0 Å².